The van der Waals surface area contributed by atoms with Gasteiger partial charge in [-0.1, -0.05) is 41.9 Å². The topological polar surface area (TPSA) is 75.7 Å². The molecule has 1 amide bonds. The summed E-state index contributed by atoms with van der Waals surface area (Å²) in [4.78, 5) is 12.4. The highest BCUT2D eigenvalue weighted by Gasteiger charge is 2.26. The summed E-state index contributed by atoms with van der Waals surface area (Å²) in [7, 11) is -2.24. The zero-order valence-corrected chi connectivity index (χ0v) is 16.7. The van der Waals surface area contributed by atoms with Crippen molar-refractivity contribution in [3.63, 3.8) is 0 Å². The Bertz CT molecular complexity index is 827. The van der Waals surface area contributed by atoms with Crippen LogP contribution in [0.3, 0.4) is 0 Å². The van der Waals surface area contributed by atoms with Gasteiger partial charge in [-0.3, -0.25) is 4.79 Å². The van der Waals surface area contributed by atoms with E-state index in [1.54, 1.807) is 49.6 Å². The van der Waals surface area contributed by atoms with Crippen LogP contribution in [0.5, 0.6) is 0 Å². The van der Waals surface area contributed by atoms with Gasteiger partial charge in [0.15, 0.2) is 0 Å². The lowest BCUT2D eigenvalue weighted by atomic mass is 10.2. The number of sulfonamides is 1. The zero-order chi connectivity index (χ0) is 19.7. The maximum atomic E-state index is 13.0. The van der Waals surface area contributed by atoms with Crippen molar-refractivity contribution in [1.82, 2.24) is 9.62 Å². The van der Waals surface area contributed by atoms with Crippen LogP contribution in [0.1, 0.15) is 12.0 Å². The van der Waals surface area contributed by atoms with Crippen LogP contribution in [0.15, 0.2) is 59.5 Å². The highest BCUT2D eigenvalue weighted by atomic mass is 35.5. The number of carbonyl (C=O) groups is 1. The summed E-state index contributed by atoms with van der Waals surface area (Å²) in [5.74, 6) is -0.362. The summed E-state index contributed by atoms with van der Waals surface area (Å²) in [6, 6.07) is 14.9. The summed E-state index contributed by atoms with van der Waals surface area (Å²) in [6.45, 7) is 0.747. The number of carbonyl (C=O) groups excluding carboxylic acids is 1. The van der Waals surface area contributed by atoms with Gasteiger partial charge in [-0.2, -0.15) is 4.31 Å². The molecule has 0 unspecified atom stereocenters. The summed E-state index contributed by atoms with van der Waals surface area (Å²) >= 11 is 5.90. The molecular formula is C19H23ClN2O4S. The normalized spacial score (nSPS) is 11.5. The van der Waals surface area contributed by atoms with Crippen LogP contribution in [0.4, 0.5) is 0 Å². The van der Waals surface area contributed by atoms with Crippen molar-refractivity contribution in [2.45, 2.75) is 17.9 Å². The maximum Gasteiger partial charge on any atom is 0.243 e. The number of nitrogens with zero attached hydrogens (tertiary/aromatic N) is 1. The molecule has 2 aromatic carbocycles. The predicted molar refractivity (Wildman–Crippen MR) is 105 cm³/mol. The lowest BCUT2D eigenvalue weighted by Gasteiger charge is -2.22. The molecule has 0 radical (unpaired) electrons. The Morgan fingerprint density at radius 2 is 1.78 bits per heavy atom. The van der Waals surface area contributed by atoms with E-state index in [-0.39, 0.29) is 23.9 Å². The molecule has 0 fully saturated rings. The average Bonchev–Trinajstić information content (AvgIpc) is 2.67. The van der Waals surface area contributed by atoms with Gasteiger partial charge in [-0.05, 0) is 36.2 Å². The van der Waals surface area contributed by atoms with Crippen LogP contribution in [-0.2, 0) is 26.1 Å². The minimum atomic E-state index is -3.82. The minimum absolute atomic E-state index is 0.0693. The lowest BCUT2D eigenvalue weighted by molar-refractivity contribution is -0.121. The van der Waals surface area contributed by atoms with Crippen molar-refractivity contribution in [2.75, 3.05) is 26.8 Å². The molecule has 0 bridgehead atoms. The number of methoxy groups -OCH3 is 1. The second-order valence-electron chi connectivity index (χ2n) is 5.91. The Hall–Kier alpha value is -1.93. The first kappa shape index (κ1) is 21.4. The van der Waals surface area contributed by atoms with Crippen molar-refractivity contribution >= 4 is 27.5 Å². The molecule has 0 aliphatic rings. The fraction of sp³-hybridized carbons (Fsp3) is 0.316. The van der Waals surface area contributed by atoms with E-state index in [9.17, 15) is 13.2 Å². The number of amides is 1. The average molecular weight is 411 g/mol. The SMILES string of the molecule is COCCCNC(=O)CN(Cc1ccc(Cl)cc1)S(=O)(=O)c1ccccc1. The number of hydrogen-bond acceptors (Lipinski definition) is 4. The Balaban J connectivity index is 2.17. The monoisotopic (exact) mass is 410 g/mol. The smallest absolute Gasteiger partial charge is 0.243 e. The van der Waals surface area contributed by atoms with Crippen LogP contribution in [-0.4, -0.2) is 45.4 Å². The molecule has 2 rings (SSSR count). The number of nitrogens with one attached hydrogen (secondary N) is 1. The minimum Gasteiger partial charge on any atom is -0.385 e. The lowest BCUT2D eigenvalue weighted by Crippen LogP contribution is -2.40. The quantitative estimate of drug-likeness (QED) is 0.611. The third-order valence-corrected chi connectivity index (χ3v) is 5.88. The third-order valence-electron chi connectivity index (χ3n) is 3.82. The molecule has 1 N–H and O–H groups in total. The molecule has 0 spiro atoms. The molecule has 8 heteroatoms. The summed E-state index contributed by atoms with van der Waals surface area (Å²) < 4.78 is 32.1. The standard InChI is InChI=1S/C19H23ClN2O4S/c1-26-13-5-12-21-19(23)15-22(14-16-8-10-17(20)11-9-16)27(24,25)18-6-3-2-4-7-18/h2-4,6-11H,5,12-15H2,1H3,(H,21,23). The Kier molecular flexibility index (Phi) is 8.24. The summed E-state index contributed by atoms with van der Waals surface area (Å²) in [5.41, 5.74) is 0.742. The highest BCUT2D eigenvalue weighted by Crippen LogP contribution is 2.19. The third kappa shape index (κ3) is 6.62. The first-order valence-corrected chi connectivity index (χ1v) is 10.3. The summed E-state index contributed by atoms with van der Waals surface area (Å²) in [6.07, 6.45) is 0.658. The van der Waals surface area contributed by atoms with E-state index in [0.29, 0.717) is 24.6 Å². The second-order valence-corrected chi connectivity index (χ2v) is 8.28. The molecule has 0 aliphatic heterocycles. The molecule has 0 saturated heterocycles. The van der Waals surface area contributed by atoms with E-state index >= 15 is 0 Å². The number of benzene rings is 2. The molecule has 0 aliphatic carbocycles. The van der Waals surface area contributed by atoms with Gasteiger partial charge in [0.1, 0.15) is 0 Å². The number of halogens is 1. The van der Waals surface area contributed by atoms with Crippen LogP contribution >= 0.6 is 11.6 Å². The molecular weight excluding hydrogens is 388 g/mol. The maximum absolute atomic E-state index is 13.0. The van der Waals surface area contributed by atoms with E-state index in [1.807, 2.05) is 0 Å². The Labute approximate surface area is 165 Å². The van der Waals surface area contributed by atoms with Gasteiger partial charge >= 0.3 is 0 Å². The van der Waals surface area contributed by atoms with Crippen molar-refractivity contribution in [3.05, 3.63) is 65.2 Å². The Morgan fingerprint density at radius 1 is 1.11 bits per heavy atom. The molecule has 0 saturated carbocycles. The van der Waals surface area contributed by atoms with Gasteiger partial charge in [-0.25, -0.2) is 8.42 Å². The first-order valence-electron chi connectivity index (χ1n) is 8.49. The van der Waals surface area contributed by atoms with Gasteiger partial charge in [0.05, 0.1) is 11.4 Å². The van der Waals surface area contributed by atoms with Crippen LogP contribution < -0.4 is 5.32 Å². The van der Waals surface area contributed by atoms with Crippen LogP contribution in [0.2, 0.25) is 5.02 Å². The fourth-order valence-electron chi connectivity index (χ4n) is 2.42. The number of ether oxygens (including phenoxy) is 1. The van der Waals surface area contributed by atoms with E-state index in [4.69, 9.17) is 16.3 Å². The molecule has 6 nitrogen and oxygen atoms in total. The molecule has 0 heterocycles. The largest absolute Gasteiger partial charge is 0.385 e. The van der Waals surface area contributed by atoms with E-state index in [2.05, 4.69) is 5.32 Å². The van der Waals surface area contributed by atoms with Crippen molar-refractivity contribution in [2.24, 2.45) is 0 Å². The molecule has 2 aromatic rings. The van der Waals surface area contributed by atoms with Gasteiger partial charge in [0.25, 0.3) is 0 Å². The van der Waals surface area contributed by atoms with Crippen molar-refractivity contribution < 1.29 is 17.9 Å². The molecule has 146 valence electrons. The highest BCUT2D eigenvalue weighted by molar-refractivity contribution is 7.89. The molecule has 0 atom stereocenters. The van der Waals surface area contributed by atoms with Crippen LogP contribution in [0, 0.1) is 0 Å². The second kappa shape index (κ2) is 10.4. The summed E-state index contributed by atoms with van der Waals surface area (Å²) in [5, 5.41) is 3.28. The van der Waals surface area contributed by atoms with Gasteiger partial charge in [-0.15, -0.1) is 0 Å². The van der Waals surface area contributed by atoms with Crippen molar-refractivity contribution in [1.29, 1.82) is 0 Å². The van der Waals surface area contributed by atoms with E-state index in [1.165, 1.54) is 12.1 Å². The molecule has 27 heavy (non-hydrogen) atoms. The van der Waals surface area contributed by atoms with Gasteiger partial charge in [0.2, 0.25) is 15.9 Å². The Morgan fingerprint density at radius 3 is 2.41 bits per heavy atom. The van der Waals surface area contributed by atoms with Gasteiger partial charge in [0, 0.05) is 31.8 Å². The molecule has 0 aromatic heterocycles. The van der Waals surface area contributed by atoms with Crippen LogP contribution in [0.25, 0.3) is 0 Å². The zero-order valence-electron chi connectivity index (χ0n) is 15.1. The van der Waals surface area contributed by atoms with E-state index in [0.717, 1.165) is 9.87 Å². The number of rotatable bonds is 10. The van der Waals surface area contributed by atoms with Crippen molar-refractivity contribution in [3.8, 4) is 0 Å². The fourth-order valence-corrected chi connectivity index (χ4v) is 3.95. The first-order chi connectivity index (χ1) is 12.9. The number of hydrogen-bond donors (Lipinski definition) is 1. The predicted octanol–water partition coefficient (Wildman–Crippen LogP) is 2.68. The van der Waals surface area contributed by atoms with E-state index < -0.39 is 10.0 Å². The van der Waals surface area contributed by atoms with Gasteiger partial charge < -0.3 is 10.1 Å².